The fraction of sp³-hybridized carbons (Fsp3) is 0.350. The summed E-state index contributed by atoms with van der Waals surface area (Å²) in [5, 5.41) is 2.95. The lowest BCUT2D eigenvalue weighted by atomic mass is 9.79. The maximum absolute atomic E-state index is 13.8. The highest BCUT2D eigenvalue weighted by Crippen LogP contribution is 2.34. The van der Waals surface area contributed by atoms with Crippen LogP contribution in [0.25, 0.3) is 0 Å². The lowest BCUT2D eigenvalue weighted by molar-refractivity contribution is -0.141. The SMILES string of the molecule is CC1(NCC(=O)c2nccnc2C(F)(F)F)CC=CC=C1C1=CC(F)C(F)C=C1. The first-order valence-corrected chi connectivity index (χ1v) is 8.84. The molecule has 154 valence electrons. The van der Waals surface area contributed by atoms with Crippen LogP contribution in [0, 0.1) is 0 Å². The molecule has 4 nitrogen and oxygen atoms in total. The quantitative estimate of drug-likeness (QED) is 0.586. The molecule has 29 heavy (non-hydrogen) atoms. The Bertz CT molecular complexity index is 919. The molecule has 0 aliphatic heterocycles. The van der Waals surface area contributed by atoms with Gasteiger partial charge in [0.2, 0.25) is 0 Å². The first-order valence-electron chi connectivity index (χ1n) is 8.84. The Morgan fingerprint density at radius 2 is 1.97 bits per heavy atom. The summed E-state index contributed by atoms with van der Waals surface area (Å²) < 4.78 is 66.4. The van der Waals surface area contributed by atoms with Gasteiger partial charge in [0.05, 0.1) is 6.54 Å². The smallest absolute Gasteiger partial charge is 0.300 e. The number of hydrogen-bond donors (Lipinski definition) is 1. The summed E-state index contributed by atoms with van der Waals surface area (Å²) in [6.45, 7) is 1.30. The molecule has 1 N–H and O–H groups in total. The Morgan fingerprint density at radius 1 is 1.24 bits per heavy atom. The van der Waals surface area contributed by atoms with E-state index in [0.29, 0.717) is 17.6 Å². The van der Waals surface area contributed by atoms with Crippen LogP contribution < -0.4 is 5.32 Å². The van der Waals surface area contributed by atoms with E-state index in [4.69, 9.17) is 0 Å². The van der Waals surface area contributed by atoms with E-state index in [0.717, 1.165) is 24.5 Å². The Hall–Kier alpha value is -2.68. The Kier molecular flexibility index (Phi) is 5.79. The van der Waals surface area contributed by atoms with Crippen molar-refractivity contribution in [3.63, 3.8) is 0 Å². The minimum atomic E-state index is -4.81. The van der Waals surface area contributed by atoms with Crippen LogP contribution in [-0.4, -0.2) is 40.2 Å². The zero-order valence-electron chi connectivity index (χ0n) is 15.4. The molecule has 2 aliphatic rings. The van der Waals surface area contributed by atoms with Crippen molar-refractivity contribution >= 4 is 5.78 Å². The maximum atomic E-state index is 13.8. The van der Waals surface area contributed by atoms with Crippen molar-refractivity contribution in [2.24, 2.45) is 0 Å². The second-order valence-corrected chi connectivity index (χ2v) is 6.94. The molecule has 0 radical (unpaired) electrons. The van der Waals surface area contributed by atoms with Gasteiger partial charge in [-0.25, -0.2) is 18.7 Å². The molecule has 0 bridgehead atoms. The van der Waals surface area contributed by atoms with E-state index in [1.165, 1.54) is 6.08 Å². The molecule has 0 saturated heterocycles. The molecule has 0 fully saturated rings. The van der Waals surface area contributed by atoms with Crippen molar-refractivity contribution in [2.45, 2.75) is 37.4 Å². The predicted molar refractivity (Wildman–Crippen MR) is 96.6 cm³/mol. The van der Waals surface area contributed by atoms with E-state index in [9.17, 15) is 26.7 Å². The van der Waals surface area contributed by atoms with Gasteiger partial charge in [0, 0.05) is 17.9 Å². The number of nitrogens with one attached hydrogen (secondary N) is 1. The molecule has 1 heterocycles. The maximum Gasteiger partial charge on any atom is 0.435 e. The highest BCUT2D eigenvalue weighted by molar-refractivity contribution is 5.97. The van der Waals surface area contributed by atoms with Crippen LogP contribution in [0.5, 0.6) is 0 Å². The molecule has 1 aromatic rings. The number of rotatable bonds is 5. The molecule has 3 atom stereocenters. The van der Waals surface area contributed by atoms with Gasteiger partial charge in [-0.15, -0.1) is 0 Å². The summed E-state index contributed by atoms with van der Waals surface area (Å²) in [7, 11) is 0. The average Bonchev–Trinajstić information content (AvgIpc) is 2.68. The van der Waals surface area contributed by atoms with Crippen LogP contribution in [0.2, 0.25) is 0 Å². The standard InChI is InChI=1S/C20H18F5N3O/c1-19(7-3-2-4-13(19)12-5-6-14(21)15(22)10-12)28-11-16(29)17-18(20(23,24)25)27-9-8-26-17/h2-6,8-10,14-15,28H,7,11H2,1H3. The van der Waals surface area contributed by atoms with E-state index < -0.39 is 47.8 Å². The zero-order chi connectivity index (χ0) is 21.2. The van der Waals surface area contributed by atoms with Crippen molar-refractivity contribution < 1.29 is 26.7 Å². The zero-order valence-corrected chi connectivity index (χ0v) is 15.4. The van der Waals surface area contributed by atoms with E-state index in [1.54, 1.807) is 19.1 Å². The first kappa shape index (κ1) is 21.0. The van der Waals surface area contributed by atoms with Crippen LogP contribution in [0.4, 0.5) is 22.0 Å². The molecular formula is C20H18F5N3O. The van der Waals surface area contributed by atoms with Crippen LogP contribution in [0.3, 0.4) is 0 Å². The molecule has 3 rings (SSSR count). The summed E-state index contributed by atoms with van der Waals surface area (Å²) in [6, 6.07) is 0. The number of alkyl halides is 5. The van der Waals surface area contributed by atoms with E-state index in [-0.39, 0.29) is 0 Å². The van der Waals surface area contributed by atoms with E-state index in [2.05, 4.69) is 15.3 Å². The third-order valence-corrected chi connectivity index (χ3v) is 4.80. The normalized spacial score (nSPS) is 26.8. The Labute approximate surface area is 163 Å². The second-order valence-electron chi connectivity index (χ2n) is 6.94. The largest absolute Gasteiger partial charge is 0.435 e. The van der Waals surface area contributed by atoms with Gasteiger partial charge in [-0.2, -0.15) is 13.2 Å². The minimum Gasteiger partial charge on any atom is -0.300 e. The van der Waals surface area contributed by atoms with E-state index >= 15 is 0 Å². The molecule has 3 unspecified atom stereocenters. The van der Waals surface area contributed by atoms with Gasteiger partial charge in [0.15, 0.2) is 23.8 Å². The number of nitrogens with zero attached hydrogens (tertiary/aromatic N) is 2. The lowest BCUT2D eigenvalue weighted by Gasteiger charge is -2.36. The molecule has 9 heteroatoms. The van der Waals surface area contributed by atoms with Gasteiger partial charge >= 0.3 is 6.18 Å². The van der Waals surface area contributed by atoms with Crippen molar-refractivity contribution in [1.82, 2.24) is 15.3 Å². The summed E-state index contributed by atoms with van der Waals surface area (Å²) in [6.07, 6.45) is 2.94. The van der Waals surface area contributed by atoms with Gasteiger partial charge in [-0.05, 0) is 36.6 Å². The van der Waals surface area contributed by atoms with Gasteiger partial charge in [-0.3, -0.25) is 4.79 Å². The topological polar surface area (TPSA) is 54.9 Å². The van der Waals surface area contributed by atoms with Crippen LogP contribution >= 0.6 is 0 Å². The summed E-state index contributed by atoms with van der Waals surface area (Å²) in [5.41, 5.74) is -1.93. The molecule has 0 spiro atoms. The number of halogens is 5. The molecule has 0 aromatic carbocycles. The van der Waals surface area contributed by atoms with Crippen LogP contribution in [0.1, 0.15) is 29.5 Å². The Morgan fingerprint density at radius 3 is 2.66 bits per heavy atom. The number of carbonyl (C=O) groups is 1. The second kappa shape index (κ2) is 7.98. The fourth-order valence-corrected chi connectivity index (χ4v) is 3.25. The predicted octanol–water partition coefficient (Wildman–Crippen LogP) is 4.09. The monoisotopic (exact) mass is 411 g/mol. The number of aromatic nitrogens is 2. The van der Waals surface area contributed by atoms with Crippen molar-refractivity contribution in [2.75, 3.05) is 6.54 Å². The average molecular weight is 411 g/mol. The fourth-order valence-electron chi connectivity index (χ4n) is 3.25. The number of carbonyl (C=O) groups excluding carboxylic acids is 1. The third-order valence-electron chi connectivity index (χ3n) is 4.80. The van der Waals surface area contributed by atoms with Gasteiger partial charge in [-0.1, -0.05) is 24.3 Å². The molecule has 0 saturated carbocycles. The molecular weight excluding hydrogens is 393 g/mol. The molecule has 2 aliphatic carbocycles. The number of ketones is 1. The first-order chi connectivity index (χ1) is 13.6. The summed E-state index contributed by atoms with van der Waals surface area (Å²) >= 11 is 0. The lowest BCUT2D eigenvalue weighted by Crippen LogP contribution is -2.47. The molecule has 1 aromatic heterocycles. The van der Waals surface area contributed by atoms with Crippen LogP contribution in [0.15, 0.2) is 60.0 Å². The number of allylic oxidation sites excluding steroid dienone is 5. The third kappa shape index (κ3) is 4.50. The van der Waals surface area contributed by atoms with Crippen molar-refractivity contribution in [3.8, 4) is 0 Å². The van der Waals surface area contributed by atoms with Crippen LogP contribution in [-0.2, 0) is 6.18 Å². The van der Waals surface area contributed by atoms with Gasteiger partial charge < -0.3 is 5.32 Å². The number of hydrogen-bond acceptors (Lipinski definition) is 4. The highest BCUT2D eigenvalue weighted by atomic mass is 19.4. The highest BCUT2D eigenvalue weighted by Gasteiger charge is 2.39. The summed E-state index contributed by atoms with van der Waals surface area (Å²) in [4.78, 5) is 19.2. The Balaban J connectivity index is 1.80. The minimum absolute atomic E-state index is 0.403. The van der Waals surface area contributed by atoms with E-state index in [1.807, 2.05) is 6.08 Å². The van der Waals surface area contributed by atoms with Gasteiger partial charge in [0.1, 0.15) is 5.69 Å². The number of Topliss-reactive ketones (excluding diaryl/α,β-unsaturated/α-hetero) is 1. The molecule has 0 amide bonds. The van der Waals surface area contributed by atoms with Crippen molar-refractivity contribution in [3.05, 3.63) is 71.4 Å². The van der Waals surface area contributed by atoms with Crippen molar-refractivity contribution in [1.29, 1.82) is 0 Å². The van der Waals surface area contributed by atoms with Gasteiger partial charge in [0.25, 0.3) is 0 Å². The summed E-state index contributed by atoms with van der Waals surface area (Å²) in [5.74, 6) is -0.874.